The van der Waals surface area contributed by atoms with Crippen LogP contribution in [0.4, 0.5) is 0 Å². The molecule has 1 amide bonds. The number of rotatable bonds is 7. The summed E-state index contributed by atoms with van der Waals surface area (Å²) in [6.45, 7) is 1.60. The number of aromatic nitrogens is 2. The van der Waals surface area contributed by atoms with Crippen molar-refractivity contribution in [2.45, 2.75) is 56.3 Å². The Morgan fingerprint density at radius 2 is 2.23 bits per heavy atom. The van der Waals surface area contributed by atoms with Crippen molar-refractivity contribution in [1.82, 2.24) is 14.9 Å². The van der Waals surface area contributed by atoms with Crippen molar-refractivity contribution in [3.05, 3.63) is 45.0 Å². The molecule has 1 N–H and O–H groups in total. The maximum atomic E-state index is 13.5. The van der Waals surface area contributed by atoms with E-state index in [0.29, 0.717) is 24.0 Å². The minimum atomic E-state index is -0.0788. The van der Waals surface area contributed by atoms with Crippen LogP contribution in [0, 0.1) is 0 Å². The highest BCUT2D eigenvalue weighted by atomic mass is 32.2. The molecule has 0 saturated carbocycles. The number of furan rings is 1. The topological polar surface area (TPSA) is 86.4 Å². The van der Waals surface area contributed by atoms with E-state index in [2.05, 4.69) is 5.32 Å². The third-order valence-electron chi connectivity index (χ3n) is 5.82. The molecule has 1 aliphatic heterocycles. The second-order valence-electron chi connectivity index (χ2n) is 7.98. The van der Waals surface area contributed by atoms with Crippen molar-refractivity contribution >= 4 is 39.2 Å². The van der Waals surface area contributed by atoms with Gasteiger partial charge in [-0.1, -0.05) is 11.8 Å². The summed E-state index contributed by atoms with van der Waals surface area (Å²) in [7, 11) is 0. The Kier molecular flexibility index (Phi) is 6.15. The lowest BCUT2D eigenvalue weighted by Gasteiger charge is -2.13. The van der Waals surface area contributed by atoms with Gasteiger partial charge in [-0.25, -0.2) is 4.98 Å². The van der Waals surface area contributed by atoms with Crippen LogP contribution in [0.2, 0.25) is 0 Å². The molecule has 5 rings (SSSR count). The maximum absolute atomic E-state index is 13.5. The van der Waals surface area contributed by atoms with E-state index in [0.717, 1.165) is 55.3 Å². The molecule has 1 fully saturated rings. The molecule has 164 valence electrons. The highest BCUT2D eigenvalue weighted by Crippen LogP contribution is 2.34. The molecule has 2 aliphatic rings. The van der Waals surface area contributed by atoms with Gasteiger partial charge in [0, 0.05) is 18.0 Å². The molecule has 4 heterocycles. The molecule has 31 heavy (non-hydrogen) atoms. The largest absolute Gasteiger partial charge is 0.467 e. The highest BCUT2D eigenvalue weighted by Gasteiger charge is 2.23. The Labute approximate surface area is 188 Å². The Hall–Kier alpha value is -2.10. The van der Waals surface area contributed by atoms with Crippen LogP contribution in [0.5, 0.6) is 0 Å². The van der Waals surface area contributed by atoms with Crippen molar-refractivity contribution in [1.29, 1.82) is 0 Å². The van der Waals surface area contributed by atoms with Gasteiger partial charge in [0.1, 0.15) is 10.6 Å². The van der Waals surface area contributed by atoms with Crippen LogP contribution in [-0.2, 0) is 28.9 Å². The van der Waals surface area contributed by atoms with Gasteiger partial charge in [-0.15, -0.1) is 11.3 Å². The summed E-state index contributed by atoms with van der Waals surface area (Å²) < 4.78 is 12.7. The number of nitrogens with one attached hydrogen (secondary N) is 1. The van der Waals surface area contributed by atoms with E-state index in [-0.39, 0.29) is 23.3 Å². The number of ether oxygens (including phenoxy) is 1. The first-order valence-electron chi connectivity index (χ1n) is 10.8. The summed E-state index contributed by atoms with van der Waals surface area (Å²) in [6, 6.07) is 3.66. The monoisotopic (exact) mass is 459 g/mol. The third-order valence-corrected chi connectivity index (χ3v) is 7.98. The molecule has 7 nitrogen and oxygen atoms in total. The van der Waals surface area contributed by atoms with Gasteiger partial charge >= 0.3 is 0 Å². The number of nitrogens with zero attached hydrogens (tertiary/aromatic N) is 2. The van der Waals surface area contributed by atoms with E-state index >= 15 is 0 Å². The van der Waals surface area contributed by atoms with Crippen LogP contribution in [-0.4, -0.2) is 40.5 Å². The van der Waals surface area contributed by atoms with Gasteiger partial charge in [-0.3, -0.25) is 14.2 Å². The van der Waals surface area contributed by atoms with Gasteiger partial charge < -0.3 is 14.5 Å². The molecule has 1 atom stereocenters. The van der Waals surface area contributed by atoms with Gasteiger partial charge in [0.15, 0.2) is 5.16 Å². The summed E-state index contributed by atoms with van der Waals surface area (Å²) in [4.78, 5) is 32.8. The molecular weight excluding hydrogens is 434 g/mol. The standard InChI is InChI=1S/C22H25N3O4S2/c26-18(23-11-14-5-3-9-28-14)13-30-22-24-20-19(16-7-1-2-8-17(16)31-20)21(27)25(22)12-15-6-4-10-29-15/h4,6,10,14H,1-3,5,7-9,11-13H2,(H,23,26)/t14-/m1/s1. The predicted molar refractivity (Wildman–Crippen MR) is 121 cm³/mol. The summed E-state index contributed by atoms with van der Waals surface area (Å²) in [5.74, 6) is 0.815. The quantitative estimate of drug-likeness (QED) is 0.431. The molecule has 3 aromatic rings. The van der Waals surface area contributed by atoms with Crippen LogP contribution in [0.25, 0.3) is 10.2 Å². The molecule has 9 heteroatoms. The second-order valence-corrected chi connectivity index (χ2v) is 10.0. The smallest absolute Gasteiger partial charge is 0.263 e. The fraction of sp³-hybridized carbons (Fsp3) is 0.500. The Balaban J connectivity index is 1.41. The summed E-state index contributed by atoms with van der Waals surface area (Å²) in [5, 5.41) is 4.24. The first-order valence-corrected chi connectivity index (χ1v) is 12.6. The van der Waals surface area contributed by atoms with Gasteiger partial charge in [-0.2, -0.15) is 0 Å². The Morgan fingerprint density at radius 1 is 1.32 bits per heavy atom. The van der Waals surface area contributed by atoms with Crippen molar-refractivity contribution in [2.24, 2.45) is 0 Å². The minimum absolute atomic E-state index is 0.0388. The van der Waals surface area contributed by atoms with E-state index in [9.17, 15) is 9.59 Å². The van der Waals surface area contributed by atoms with Crippen molar-refractivity contribution in [3.63, 3.8) is 0 Å². The van der Waals surface area contributed by atoms with E-state index in [1.165, 1.54) is 22.2 Å². The fourth-order valence-electron chi connectivity index (χ4n) is 4.24. The molecule has 0 bridgehead atoms. The number of amides is 1. The number of hydrogen-bond acceptors (Lipinski definition) is 7. The van der Waals surface area contributed by atoms with E-state index in [1.807, 2.05) is 12.1 Å². The Morgan fingerprint density at radius 3 is 3.03 bits per heavy atom. The second kappa shape index (κ2) is 9.18. The molecule has 0 spiro atoms. The van der Waals surface area contributed by atoms with Crippen molar-refractivity contribution < 1.29 is 13.9 Å². The zero-order valence-corrected chi connectivity index (χ0v) is 18.9. The fourth-order valence-corrected chi connectivity index (χ4v) is 6.37. The van der Waals surface area contributed by atoms with E-state index in [1.54, 1.807) is 22.2 Å². The average Bonchev–Trinajstić information content (AvgIpc) is 3.53. The van der Waals surface area contributed by atoms with Gasteiger partial charge in [0.25, 0.3) is 5.56 Å². The number of carbonyl (C=O) groups is 1. The molecule has 0 radical (unpaired) electrons. The zero-order valence-electron chi connectivity index (χ0n) is 17.2. The maximum Gasteiger partial charge on any atom is 0.263 e. The summed E-state index contributed by atoms with van der Waals surface area (Å²) >= 11 is 2.93. The first kappa shape index (κ1) is 20.8. The highest BCUT2D eigenvalue weighted by molar-refractivity contribution is 7.99. The first-order chi connectivity index (χ1) is 15.2. The zero-order chi connectivity index (χ0) is 21.2. The lowest BCUT2D eigenvalue weighted by atomic mass is 9.97. The number of thiophene rings is 1. The normalized spacial score (nSPS) is 18.4. The summed E-state index contributed by atoms with van der Waals surface area (Å²) in [5.41, 5.74) is 1.13. The molecular formula is C22H25N3O4S2. The van der Waals surface area contributed by atoms with Crippen molar-refractivity contribution in [2.75, 3.05) is 18.9 Å². The minimum Gasteiger partial charge on any atom is -0.467 e. The van der Waals surface area contributed by atoms with E-state index in [4.69, 9.17) is 14.1 Å². The Bertz CT molecular complexity index is 1130. The lowest BCUT2D eigenvalue weighted by molar-refractivity contribution is -0.119. The van der Waals surface area contributed by atoms with Gasteiger partial charge in [-0.05, 0) is 56.2 Å². The number of thioether (sulfide) groups is 1. The predicted octanol–water partition coefficient (Wildman–Crippen LogP) is 3.37. The molecule has 1 saturated heterocycles. The third kappa shape index (κ3) is 4.44. The average molecular weight is 460 g/mol. The number of hydrogen-bond donors (Lipinski definition) is 1. The van der Waals surface area contributed by atoms with Crippen LogP contribution in [0.1, 0.15) is 41.9 Å². The number of aryl methyl sites for hydroxylation is 2. The van der Waals surface area contributed by atoms with E-state index < -0.39 is 0 Å². The van der Waals surface area contributed by atoms with Crippen LogP contribution < -0.4 is 10.9 Å². The summed E-state index contributed by atoms with van der Waals surface area (Å²) in [6.07, 6.45) is 7.96. The molecule has 1 aliphatic carbocycles. The van der Waals surface area contributed by atoms with Gasteiger partial charge in [0.05, 0.1) is 30.1 Å². The molecule has 0 unspecified atom stereocenters. The number of fused-ring (bicyclic) bond motifs is 3. The SMILES string of the molecule is O=C(CSc1nc2sc3c(c2c(=O)n1Cc1ccco1)CCCC3)NC[C@H]1CCCO1. The van der Waals surface area contributed by atoms with Crippen LogP contribution in [0.15, 0.2) is 32.8 Å². The molecule has 3 aromatic heterocycles. The van der Waals surface area contributed by atoms with Gasteiger partial charge in [0.2, 0.25) is 5.91 Å². The van der Waals surface area contributed by atoms with Crippen molar-refractivity contribution in [3.8, 4) is 0 Å². The van der Waals surface area contributed by atoms with Crippen LogP contribution >= 0.6 is 23.1 Å². The molecule has 0 aromatic carbocycles. The van der Waals surface area contributed by atoms with Crippen LogP contribution in [0.3, 0.4) is 0 Å². The number of carbonyl (C=O) groups excluding carboxylic acids is 1. The lowest BCUT2D eigenvalue weighted by Crippen LogP contribution is -2.33.